The number of likely N-dealkylation sites (tertiary alicyclic amines) is 1. The van der Waals surface area contributed by atoms with E-state index in [2.05, 4.69) is 106 Å². The number of piperazine rings is 1. The van der Waals surface area contributed by atoms with Gasteiger partial charge in [0, 0.05) is 204 Å². The number of nitrogens with zero attached hydrogens (tertiary/aromatic N) is 15. The van der Waals surface area contributed by atoms with Crippen molar-refractivity contribution in [2.75, 3.05) is 186 Å². The number of amides is 9. The molecular formula is C80H109ClN24O15S. The second-order valence-corrected chi connectivity index (χ2v) is 31.1. The van der Waals surface area contributed by atoms with Gasteiger partial charge < -0.3 is 104 Å². The number of piperidine rings is 1. The number of fused-ring (bicyclic) bond motifs is 3. The van der Waals surface area contributed by atoms with E-state index < -0.39 is 47.4 Å². The molecule has 0 aliphatic carbocycles. The Labute approximate surface area is 709 Å². The number of aromatic nitrogens is 11. The zero-order chi connectivity index (χ0) is 85.9. The van der Waals surface area contributed by atoms with Crippen molar-refractivity contribution in [1.82, 2.24) is 93.8 Å². The number of benzene rings is 1. The second-order valence-electron chi connectivity index (χ2n) is 29.5. The molecule has 0 bridgehead atoms. The first-order chi connectivity index (χ1) is 58.4. The molecule has 9 amide bonds. The van der Waals surface area contributed by atoms with Gasteiger partial charge in [0.05, 0.1) is 103 Å². The fraction of sp³-hybridized carbons (Fsp3) is 0.512. The van der Waals surface area contributed by atoms with Crippen LogP contribution >= 0.6 is 22.9 Å². The normalized spacial score (nSPS) is 14.5. The molecule has 3 aliphatic rings. The molecule has 3 aliphatic heterocycles. The number of carbonyl (C=O) groups is 9. The molecule has 0 saturated carbocycles. The minimum Gasteiger partial charge on any atom is -0.378 e. The third-order valence-electron chi connectivity index (χ3n) is 20.5. The first-order valence-electron chi connectivity index (χ1n) is 40.4. The van der Waals surface area contributed by atoms with Crippen LogP contribution in [0.1, 0.15) is 131 Å². The van der Waals surface area contributed by atoms with Crippen LogP contribution in [-0.2, 0) is 82.8 Å². The van der Waals surface area contributed by atoms with E-state index in [0.717, 1.165) is 105 Å². The molecule has 9 N–H and O–H groups in total. The topological polar surface area (TPSA) is 433 Å². The van der Waals surface area contributed by atoms with Crippen molar-refractivity contribution in [3.05, 3.63) is 141 Å². The van der Waals surface area contributed by atoms with Crippen LogP contribution < -0.4 is 47.9 Å². The first-order valence-corrected chi connectivity index (χ1v) is 41.6. The van der Waals surface area contributed by atoms with Gasteiger partial charge in [-0.15, -0.1) is 21.5 Å². The summed E-state index contributed by atoms with van der Waals surface area (Å²) in [6.45, 7) is 20.3. The number of ether oxygens (including phenoxy) is 6. The van der Waals surface area contributed by atoms with Gasteiger partial charge in [-0.3, -0.25) is 62.5 Å². The summed E-state index contributed by atoms with van der Waals surface area (Å²) in [6, 6.07) is 10.2. The maximum Gasteiger partial charge on any atom is 0.291 e. The monoisotopic (exact) mass is 1710 g/mol. The summed E-state index contributed by atoms with van der Waals surface area (Å²) in [5.41, 5.74) is 5.02. The van der Waals surface area contributed by atoms with Gasteiger partial charge in [-0.25, -0.2) is 15.0 Å². The van der Waals surface area contributed by atoms with Gasteiger partial charge >= 0.3 is 0 Å². The van der Waals surface area contributed by atoms with Crippen molar-refractivity contribution in [2.24, 2.45) is 40.2 Å². The standard InChI is InChI=1S/C80H109ClN24O15S/c1-52-53(2)121-80-69(52)70(55-9-11-56(81)12-10-55)90-60(71-96-95-54(3)105(71)80)47-68(109)87-57-16-23-102(24-17-57)30-34-116-39-41-119-43-44-120-42-40-118-36-32-104-28-26-103(27-29-104)31-35-117-38-37-115-33-22-82-65(106)13-18-86-77(112)73-93-63(50-100(73)7)91-66(107)14-19-85-76(111)62-46-59(49-99(62)6)89-79(114)74-94-64(51-101(74)8)92-67(108)15-20-84-75(110)61-45-58(48-98(61)5)88-78(113)72-83-21-25-97(72)4/h9-12,21,25,45-46,48-51,57,60H,13-20,22-24,26-44,47H2,1-8H3,(H,82,106)(H,84,110)(H,85,111)(H,86,112)(H,87,109)(H,88,113)(H,89,114)(H,91,107)(H,92,108)/t60-/m0/s1. The van der Waals surface area contributed by atoms with Crippen LogP contribution in [0.3, 0.4) is 0 Å². The predicted molar refractivity (Wildman–Crippen MR) is 451 cm³/mol. The number of imidazole rings is 3. The summed E-state index contributed by atoms with van der Waals surface area (Å²) < 4.78 is 44.1. The molecule has 41 heteroatoms. The minimum atomic E-state index is -0.635. The van der Waals surface area contributed by atoms with E-state index in [1.165, 1.54) is 60.1 Å². The lowest BCUT2D eigenvalue weighted by atomic mass is 9.99. The van der Waals surface area contributed by atoms with E-state index in [1.807, 2.05) is 31.2 Å². The summed E-state index contributed by atoms with van der Waals surface area (Å²) in [5.74, 6) is -2.17. The Hall–Kier alpha value is -10.9. The zero-order valence-electron chi connectivity index (χ0n) is 69.6. The van der Waals surface area contributed by atoms with Crippen LogP contribution in [-0.4, -0.2) is 297 Å². The summed E-state index contributed by atoms with van der Waals surface area (Å²) in [4.78, 5) is 143. The number of hydrogen-bond acceptors (Lipinski definition) is 25. The van der Waals surface area contributed by atoms with E-state index in [-0.39, 0.29) is 116 Å². The SMILES string of the molecule is Cc1sc2c(c1C)C(c1ccc(Cl)cc1)=N[C@@H](CC(=O)NC1CCN(CCOCCOCCOCCOCCN3CCN(CCOCCOCCNC(=O)CCNC(=O)c4nc(NC(=O)CCNC(=O)c5cc(NC(=O)c6nc(NC(=O)CCNC(=O)c7cc(NC(=O)c8nccn8C)cn7C)cn6C)cn5C)cn4C)CC3)CC1)c1nnc(C)n1-2. The molecular weight excluding hydrogens is 1600 g/mol. The number of hydrogen-bond donors (Lipinski definition) is 9. The van der Waals surface area contributed by atoms with Crippen molar-refractivity contribution in [3.8, 4) is 5.00 Å². The van der Waals surface area contributed by atoms with Gasteiger partial charge in [-0.05, 0) is 63.4 Å². The van der Waals surface area contributed by atoms with Crippen molar-refractivity contribution < 1.29 is 71.6 Å². The Morgan fingerprint density at radius 1 is 0.488 bits per heavy atom. The van der Waals surface area contributed by atoms with Crippen molar-refractivity contribution in [3.63, 3.8) is 0 Å². The highest BCUT2D eigenvalue weighted by atomic mass is 35.5. The van der Waals surface area contributed by atoms with Crippen LogP contribution in [0.4, 0.5) is 23.0 Å². The number of aliphatic imine (C=N–C) groups is 1. The van der Waals surface area contributed by atoms with E-state index >= 15 is 0 Å². The Morgan fingerprint density at radius 3 is 1.47 bits per heavy atom. The number of rotatable bonds is 46. The molecule has 10 heterocycles. The van der Waals surface area contributed by atoms with Crippen LogP contribution in [0.5, 0.6) is 0 Å². The number of nitrogens with one attached hydrogen (secondary N) is 9. The summed E-state index contributed by atoms with van der Waals surface area (Å²) in [7, 11) is 8.07. The molecule has 11 rings (SSSR count). The van der Waals surface area contributed by atoms with Gasteiger partial charge in [0.1, 0.15) is 28.3 Å². The third-order valence-corrected chi connectivity index (χ3v) is 21.9. The van der Waals surface area contributed by atoms with Crippen molar-refractivity contribution in [2.45, 2.75) is 71.4 Å². The molecule has 2 fully saturated rings. The lowest BCUT2D eigenvalue weighted by Gasteiger charge is -2.34. The average molecular weight is 1710 g/mol. The van der Waals surface area contributed by atoms with Crippen LogP contribution in [0.25, 0.3) is 5.00 Å². The lowest BCUT2D eigenvalue weighted by molar-refractivity contribution is -0.123. The zero-order valence-corrected chi connectivity index (χ0v) is 71.2. The molecule has 0 unspecified atom stereocenters. The number of aryl methyl sites for hydroxylation is 7. The van der Waals surface area contributed by atoms with Crippen LogP contribution in [0, 0.1) is 20.8 Å². The van der Waals surface area contributed by atoms with Crippen LogP contribution in [0.15, 0.2) is 78.6 Å². The molecule has 39 nitrogen and oxygen atoms in total. The quantitative estimate of drug-likeness (QED) is 0.0247. The number of carbonyl (C=O) groups excluding carboxylic acids is 9. The van der Waals surface area contributed by atoms with Gasteiger partial charge in [0.2, 0.25) is 35.3 Å². The molecule has 1 aromatic carbocycles. The summed E-state index contributed by atoms with van der Waals surface area (Å²) in [6.07, 6.45) is 10.7. The average Bonchev–Trinajstić information content (AvgIpc) is 1.59. The Kier molecular flexibility index (Phi) is 33.9. The first kappa shape index (κ1) is 90.8. The maximum absolute atomic E-state index is 13.7. The van der Waals surface area contributed by atoms with Crippen LogP contribution in [0.2, 0.25) is 5.02 Å². The molecule has 652 valence electrons. The summed E-state index contributed by atoms with van der Waals surface area (Å²) >= 11 is 7.97. The molecule has 2 saturated heterocycles. The molecule has 0 spiro atoms. The fourth-order valence-corrected chi connectivity index (χ4v) is 15.2. The van der Waals surface area contributed by atoms with E-state index in [1.54, 1.807) is 63.5 Å². The highest BCUT2D eigenvalue weighted by Gasteiger charge is 2.34. The molecule has 0 radical (unpaired) electrons. The lowest BCUT2D eigenvalue weighted by Crippen LogP contribution is -2.48. The van der Waals surface area contributed by atoms with Gasteiger partial charge in [0.25, 0.3) is 29.5 Å². The van der Waals surface area contributed by atoms with Gasteiger partial charge in [-0.1, -0.05) is 23.7 Å². The van der Waals surface area contributed by atoms with Crippen molar-refractivity contribution in [1.29, 1.82) is 0 Å². The highest BCUT2D eigenvalue weighted by Crippen LogP contribution is 2.40. The second kappa shape index (κ2) is 45.1. The molecule has 1 atom stereocenters. The highest BCUT2D eigenvalue weighted by molar-refractivity contribution is 7.15. The Morgan fingerprint density at radius 2 is 0.959 bits per heavy atom. The number of anilines is 4. The van der Waals surface area contributed by atoms with E-state index in [9.17, 15) is 43.2 Å². The molecule has 7 aromatic heterocycles. The Balaban J connectivity index is 0.441. The van der Waals surface area contributed by atoms with Gasteiger partial charge in [-0.2, -0.15) is 0 Å². The molecule has 121 heavy (non-hydrogen) atoms. The summed E-state index contributed by atoms with van der Waals surface area (Å²) in [5, 5.41) is 35.4. The predicted octanol–water partition coefficient (Wildman–Crippen LogP) is 3.32. The number of halogens is 1. The Bertz CT molecular complexity index is 4890. The maximum atomic E-state index is 13.7. The van der Waals surface area contributed by atoms with E-state index in [0.29, 0.717) is 95.8 Å². The van der Waals surface area contributed by atoms with Gasteiger partial charge in [0.15, 0.2) is 23.3 Å². The smallest absolute Gasteiger partial charge is 0.291 e. The van der Waals surface area contributed by atoms with E-state index in [4.69, 9.17) is 45.0 Å². The fourth-order valence-electron chi connectivity index (χ4n) is 13.8. The largest absolute Gasteiger partial charge is 0.378 e. The number of thiophene rings is 1. The minimum absolute atomic E-state index is 0.000745. The van der Waals surface area contributed by atoms with Crippen molar-refractivity contribution >= 4 is 105 Å². The third kappa shape index (κ3) is 26.5. The molecule has 8 aromatic rings.